The minimum atomic E-state index is -1.43. The number of amides is 3. The summed E-state index contributed by atoms with van der Waals surface area (Å²) in [6, 6.07) is 8.73. The first-order valence-electron chi connectivity index (χ1n) is 9.91. The van der Waals surface area contributed by atoms with Crippen molar-refractivity contribution in [3.8, 4) is 0 Å². The average Bonchev–Trinajstić information content (AvgIpc) is 3.20. The predicted molar refractivity (Wildman–Crippen MR) is 122 cm³/mol. The van der Waals surface area contributed by atoms with Crippen molar-refractivity contribution in [3.05, 3.63) is 76.3 Å². The summed E-state index contributed by atoms with van der Waals surface area (Å²) < 4.78 is 37.3. The lowest BCUT2D eigenvalue weighted by molar-refractivity contribution is -0.122. The second kappa shape index (κ2) is 10.8. The van der Waals surface area contributed by atoms with E-state index < -0.39 is 35.4 Å². The topological polar surface area (TPSA) is 141 Å². The maximum atomic E-state index is 14.9. The Hall–Kier alpha value is -3.90. The third kappa shape index (κ3) is 5.18. The third-order valence-electron chi connectivity index (χ3n) is 4.78. The van der Waals surface area contributed by atoms with Crippen molar-refractivity contribution in [2.24, 2.45) is 5.73 Å². The Kier molecular flexibility index (Phi) is 7.87. The molecule has 0 saturated carbocycles. The summed E-state index contributed by atoms with van der Waals surface area (Å²) in [5, 5.41) is 2.62. The smallest absolute Gasteiger partial charge is 0.273 e. The van der Waals surface area contributed by atoms with Gasteiger partial charge >= 0.3 is 0 Å². The molecule has 0 spiro atoms. The molecule has 34 heavy (non-hydrogen) atoms. The number of nitrogen functional groups attached to an aromatic ring is 1. The van der Waals surface area contributed by atoms with E-state index >= 15 is 0 Å². The van der Waals surface area contributed by atoms with Crippen LogP contribution in [0.15, 0.2) is 48.5 Å². The van der Waals surface area contributed by atoms with Gasteiger partial charge in [0.15, 0.2) is 5.69 Å². The van der Waals surface area contributed by atoms with E-state index in [1.807, 2.05) is 0 Å². The molecule has 0 saturated heterocycles. The molecule has 178 valence electrons. The summed E-state index contributed by atoms with van der Waals surface area (Å²) in [6.45, 7) is 0.278. The van der Waals surface area contributed by atoms with E-state index in [0.29, 0.717) is 11.5 Å². The number of nitrogens with zero attached hydrogens (tertiary/aromatic N) is 2. The van der Waals surface area contributed by atoms with E-state index in [2.05, 4.69) is 9.69 Å². The number of nitrogens with two attached hydrogens (primary N) is 2. The molecule has 3 amide bonds. The number of carbonyl (C=O) groups excluding carboxylic acids is 3. The van der Waals surface area contributed by atoms with E-state index in [1.165, 1.54) is 37.4 Å². The number of methoxy groups -OCH3 is 1. The van der Waals surface area contributed by atoms with Crippen LogP contribution < -0.4 is 21.7 Å². The first-order chi connectivity index (χ1) is 16.3. The molecule has 0 bridgehead atoms. The number of para-hydroxylation sites is 1. The Morgan fingerprint density at radius 1 is 1.15 bits per heavy atom. The van der Waals surface area contributed by atoms with Crippen molar-refractivity contribution in [2.75, 3.05) is 30.9 Å². The summed E-state index contributed by atoms with van der Waals surface area (Å²) in [6.07, 6.45) is 0. The molecule has 9 nitrogen and oxygen atoms in total. The van der Waals surface area contributed by atoms with Gasteiger partial charge in [-0.1, -0.05) is 24.3 Å². The van der Waals surface area contributed by atoms with Crippen LogP contribution in [-0.4, -0.2) is 42.4 Å². The zero-order chi connectivity index (χ0) is 24.8. The van der Waals surface area contributed by atoms with Gasteiger partial charge in [-0.3, -0.25) is 19.3 Å². The minimum Gasteiger partial charge on any atom is -0.395 e. The second-order valence-electron chi connectivity index (χ2n) is 7.00. The number of carbonyl (C=O) groups is 3. The Labute approximate surface area is 197 Å². The molecule has 0 aliphatic rings. The average molecular weight is 490 g/mol. The molecule has 0 radical (unpaired) electrons. The summed E-state index contributed by atoms with van der Waals surface area (Å²) in [5.41, 5.74) is 10.5. The molecule has 0 aliphatic heterocycles. The molecule has 0 fully saturated rings. The van der Waals surface area contributed by atoms with Crippen molar-refractivity contribution >= 4 is 40.6 Å². The summed E-state index contributed by atoms with van der Waals surface area (Å²) in [5.74, 6) is -3.89. The molecule has 3 aromatic rings. The summed E-state index contributed by atoms with van der Waals surface area (Å²) in [7, 11) is 1.45. The fraction of sp³-hybridized carbons (Fsp3) is 0.182. The van der Waals surface area contributed by atoms with Gasteiger partial charge in [-0.25, -0.2) is 8.78 Å². The lowest BCUT2D eigenvalue weighted by atomic mass is 10.0. The Morgan fingerprint density at radius 2 is 1.82 bits per heavy atom. The Balaban J connectivity index is 2.19. The molecular formula is C22H21F2N5O4S. The number of anilines is 2. The van der Waals surface area contributed by atoms with Crippen LogP contribution in [0, 0.1) is 11.6 Å². The van der Waals surface area contributed by atoms with Gasteiger partial charge in [0, 0.05) is 13.7 Å². The summed E-state index contributed by atoms with van der Waals surface area (Å²) in [4.78, 5) is 39.2. The number of halogens is 2. The van der Waals surface area contributed by atoms with Crippen molar-refractivity contribution in [1.82, 2.24) is 9.69 Å². The molecule has 3 rings (SSSR count). The van der Waals surface area contributed by atoms with Crippen LogP contribution in [0.1, 0.15) is 31.8 Å². The Morgan fingerprint density at radius 3 is 2.41 bits per heavy atom. The fourth-order valence-corrected chi connectivity index (χ4v) is 3.93. The molecule has 5 N–H and O–H groups in total. The monoisotopic (exact) mass is 489 g/mol. The predicted octanol–water partition coefficient (Wildman–Crippen LogP) is 2.25. The first kappa shape index (κ1) is 24.7. The normalized spacial score (nSPS) is 11.6. The highest BCUT2D eigenvalue weighted by molar-refractivity contribution is 7.09. The number of primary amides is 1. The molecule has 2 aromatic carbocycles. The number of ether oxygens (including phenoxy) is 1. The lowest BCUT2D eigenvalue weighted by Gasteiger charge is -2.31. The minimum absolute atomic E-state index is 0.0981. The van der Waals surface area contributed by atoms with E-state index in [4.69, 9.17) is 16.2 Å². The zero-order valence-corrected chi connectivity index (χ0v) is 18.8. The highest BCUT2D eigenvalue weighted by atomic mass is 32.1. The number of rotatable bonds is 9. The fourth-order valence-electron chi connectivity index (χ4n) is 3.19. The number of aromatic nitrogens is 1. The van der Waals surface area contributed by atoms with Crippen LogP contribution in [0.2, 0.25) is 0 Å². The largest absolute Gasteiger partial charge is 0.395 e. The molecule has 1 heterocycles. The van der Waals surface area contributed by atoms with E-state index in [1.54, 1.807) is 0 Å². The van der Waals surface area contributed by atoms with Gasteiger partial charge in [0.05, 0.1) is 18.0 Å². The highest BCUT2D eigenvalue weighted by Crippen LogP contribution is 2.34. The maximum absolute atomic E-state index is 14.9. The number of nitrogens with one attached hydrogen (secondary N) is 1. The van der Waals surface area contributed by atoms with Crippen LogP contribution in [0.5, 0.6) is 0 Å². The quantitative estimate of drug-likeness (QED) is 0.394. The second-order valence-corrected chi connectivity index (χ2v) is 7.78. The van der Waals surface area contributed by atoms with Gasteiger partial charge in [0.2, 0.25) is 5.91 Å². The number of hydrogen-bond acceptors (Lipinski definition) is 7. The van der Waals surface area contributed by atoms with Crippen molar-refractivity contribution in [3.63, 3.8) is 0 Å². The van der Waals surface area contributed by atoms with E-state index in [0.717, 1.165) is 23.1 Å². The molecule has 0 unspecified atom stereocenters. The molecular weight excluding hydrogens is 468 g/mol. The van der Waals surface area contributed by atoms with Gasteiger partial charge < -0.3 is 21.5 Å². The van der Waals surface area contributed by atoms with E-state index in [-0.39, 0.29) is 40.7 Å². The lowest BCUT2D eigenvalue weighted by Crippen LogP contribution is -2.45. The van der Waals surface area contributed by atoms with Crippen molar-refractivity contribution in [2.45, 2.75) is 6.04 Å². The van der Waals surface area contributed by atoms with Crippen LogP contribution in [0.4, 0.5) is 20.2 Å². The van der Waals surface area contributed by atoms with Crippen LogP contribution >= 0.6 is 11.5 Å². The van der Waals surface area contributed by atoms with Gasteiger partial charge in [-0.15, -0.1) is 0 Å². The molecule has 1 atom stereocenters. The molecule has 12 heteroatoms. The third-order valence-corrected chi connectivity index (χ3v) is 5.64. The van der Waals surface area contributed by atoms with Gasteiger partial charge in [-0.2, -0.15) is 4.37 Å². The van der Waals surface area contributed by atoms with Crippen LogP contribution in [0.25, 0.3) is 0 Å². The van der Waals surface area contributed by atoms with Crippen LogP contribution in [0.3, 0.4) is 0 Å². The zero-order valence-electron chi connectivity index (χ0n) is 18.0. The summed E-state index contributed by atoms with van der Waals surface area (Å²) >= 11 is 0.589. The maximum Gasteiger partial charge on any atom is 0.273 e. The number of benzene rings is 2. The Bertz CT molecular complexity index is 1200. The first-order valence-corrected chi connectivity index (χ1v) is 10.7. The molecule has 1 aromatic heterocycles. The standard InChI is InChI=1S/C22H21F2N5O4S/c1-33-11-10-27-21(31)18(12-6-8-13(23)9-7-12)29(15-5-3-2-4-14(15)24)22(32)19-16(25)17(20(26)30)28-34-19/h2-9,18H,10-11,25H2,1H3,(H2,26,30)(H,27,31)/t18-/m1/s1. The molecule has 0 aliphatic carbocycles. The van der Waals surface area contributed by atoms with Gasteiger partial charge in [-0.05, 0) is 41.4 Å². The van der Waals surface area contributed by atoms with Crippen molar-refractivity contribution in [1.29, 1.82) is 0 Å². The van der Waals surface area contributed by atoms with Crippen LogP contribution in [-0.2, 0) is 9.53 Å². The van der Waals surface area contributed by atoms with E-state index in [9.17, 15) is 23.2 Å². The number of hydrogen-bond donors (Lipinski definition) is 3. The highest BCUT2D eigenvalue weighted by Gasteiger charge is 2.37. The van der Waals surface area contributed by atoms with Crippen molar-refractivity contribution < 1.29 is 27.9 Å². The van der Waals surface area contributed by atoms with Gasteiger partial charge in [0.1, 0.15) is 22.6 Å². The van der Waals surface area contributed by atoms with Gasteiger partial charge in [0.25, 0.3) is 11.8 Å². The SMILES string of the molecule is COCCNC(=O)[C@@H](c1ccc(F)cc1)N(C(=O)c1snc(C(N)=O)c1N)c1ccccc1F.